The highest BCUT2D eigenvalue weighted by molar-refractivity contribution is 7.12. The number of carbonyl (C=O) groups is 1. The van der Waals surface area contributed by atoms with Gasteiger partial charge in [0.2, 0.25) is 0 Å². The van der Waals surface area contributed by atoms with Crippen LogP contribution in [-0.2, 0) is 6.54 Å². The number of aliphatic hydroxyl groups is 1. The Kier molecular flexibility index (Phi) is 4.54. The van der Waals surface area contributed by atoms with Crippen LogP contribution in [0, 0.1) is 11.3 Å². The molecule has 0 aliphatic rings. The molecular formula is C19H15N5O2S. The summed E-state index contributed by atoms with van der Waals surface area (Å²) in [6.07, 6.45) is 0.463. The summed E-state index contributed by atoms with van der Waals surface area (Å²) in [7, 11) is 0. The Morgan fingerprint density at radius 1 is 1.22 bits per heavy atom. The van der Waals surface area contributed by atoms with Crippen LogP contribution in [0.4, 0.5) is 5.82 Å². The molecule has 0 saturated heterocycles. The van der Waals surface area contributed by atoms with Gasteiger partial charge in [0, 0.05) is 13.2 Å². The second kappa shape index (κ2) is 7.15. The Labute approximate surface area is 158 Å². The molecule has 0 spiro atoms. The van der Waals surface area contributed by atoms with Crippen molar-refractivity contribution in [3.05, 3.63) is 52.2 Å². The smallest absolute Gasteiger partial charge is 0.266 e. The topological polar surface area (TPSA) is 104 Å². The van der Waals surface area contributed by atoms with Gasteiger partial charge in [-0.15, -0.1) is 11.3 Å². The van der Waals surface area contributed by atoms with Crippen LogP contribution >= 0.6 is 11.3 Å². The number of aromatic nitrogens is 3. The van der Waals surface area contributed by atoms with Crippen LogP contribution in [0.25, 0.3) is 22.2 Å². The zero-order chi connectivity index (χ0) is 18.8. The molecule has 7 nitrogen and oxygen atoms in total. The summed E-state index contributed by atoms with van der Waals surface area (Å²) >= 11 is 1.32. The molecule has 4 aromatic rings. The third kappa shape index (κ3) is 3.03. The number of thiophene rings is 1. The van der Waals surface area contributed by atoms with E-state index in [4.69, 9.17) is 0 Å². The van der Waals surface area contributed by atoms with Crippen LogP contribution in [0.5, 0.6) is 0 Å². The first-order valence-corrected chi connectivity index (χ1v) is 9.25. The first-order chi connectivity index (χ1) is 13.2. The molecule has 1 amide bonds. The van der Waals surface area contributed by atoms with Crippen LogP contribution in [-0.4, -0.2) is 32.2 Å². The summed E-state index contributed by atoms with van der Waals surface area (Å²) in [4.78, 5) is 22.4. The molecule has 134 valence electrons. The predicted molar refractivity (Wildman–Crippen MR) is 104 cm³/mol. The van der Waals surface area contributed by atoms with Gasteiger partial charge in [-0.1, -0.05) is 18.2 Å². The maximum absolute atomic E-state index is 12.6. The van der Waals surface area contributed by atoms with Crippen LogP contribution in [0.15, 0.2) is 41.8 Å². The molecule has 0 saturated carbocycles. The van der Waals surface area contributed by atoms with E-state index in [-0.39, 0.29) is 18.1 Å². The average Bonchev–Trinajstić information content (AvgIpc) is 3.31. The molecule has 8 heteroatoms. The molecule has 0 unspecified atom stereocenters. The summed E-state index contributed by atoms with van der Waals surface area (Å²) in [6, 6.07) is 13.1. The van der Waals surface area contributed by atoms with Gasteiger partial charge < -0.3 is 15.0 Å². The van der Waals surface area contributed by atoms with Crippen LogP contribution in [0.1, 0.15) is 21.7 Å². The highest BCUT2D eigenvalue weighted by Crippen LogP contribution is 2.30. The standard InChI is InChI=1S/C19H15N5O2S/c20-11-12-16-18(22-14-6-2-1-5-13(14)21-16)24(8-4-9-25)17(12)23-19(26)15-7-3-10-27-15/h1-3,5-7,10,25H,4,8-9H2,(H,23,26). The monoisotopic (exact) mass is 377 g/mol. The lowest BCUT2D eigenvalue weighted by molar-refractivity contribution is 0.102. The minimum absolute atomic E-state index is 0.0130. The molecule has 27 heavy (non-hydrogen) atoms. The third-order valence-electron chi connectivity index (χ3n) is 4.18. The van der Waals surface area contributed by atoms with E-state index in [0.717, 1.165) is 0 Å². The minimum atomic E-state index is -0.292. The number of benzene rings is 1. The van der Waals surface area contributed by atoms with Gasteiger partial charge in [-0.05, 0) is 30.0 Å². The van der Waals surface area contributed by atoms with Crippen molar-refractivity contribution in [1.29, 1.82) is 5.26 Å². The van der Waals surface area contributed by atoms with Crippen molar-refractivity contribution in [3.8, 4) is 6.07 Å². The Balaban J connectivity index is 1.93. The van der Waals surface area contributed by atoms with Gasteiger partial charge in [0.15, 0.2) is 5.65 Å². The van der Waals surface area contributed by atoms with Crippen molar-refractivity contribution < 1.29 is 9.90 Å². The number of carbonyl (C=O) groups excluding carboxylic acids is 1. The van der Waals surface area contributed by atoms with E-state index in [1.165, 1.54) is 11.3 Å². The average molecular weight is 377 g/mol. The van der Waals surface area contributed by atoms with E-state index < -0.39 is 0 Å². The molecular weight excluding hydrogens is 362 g/mol. The highest BCUT2D eigenvalue weighted by Gasteiger charge is 2.22. The van der Waals surface area contributed by atoms with E-state index in [1.807, 2.05) is 29.6 Å². The molecule has 0 radical (unpaired) electrons. The molecule has 4 rings (SSSR count). The van der Waals surface area contributed by atoms with Crippen molar-refractivity contribution in [2.45, 2.75) is 13.0 Å². The second-order valence-corrected chi connectivity index (χ2v) is 6.83. The molecule has 0 atom stereocenters. The first kappa shape index (κ1) is 17.1. The van der Waals surface area contributed by atoms with Gasteiger partial charge in [-0.2, -0.15) is 5.26 Å². The Hall–Kier alpha value is -3.28. The van der Waals surface area contributed by atoms with Gasteiger partial charge in [-0.3, -0.25) is 4.79 Å². The van der Waals surface area contributed by atoms with Crippen molar-refractivity contribution in [2.75, 3.05) is 11.9 Å². The summed E-state index contributed by atoms with van der Waals surface area (Å²) in [5.74, 6) is 0.0637. The predicted octanol–water partition coefficient (Wildman–Crippen LogP) is 3.15. The Morgan fingerprint density at radius 3 is 2.67 bits per heavy atom. The number of rotatable bonds is 5. The number of hydrogen-bond donors (Lipinski definition) is 2. The fourth-order valence-corrected chi connectivity index (χ4v) is 3.58. The minimum Gasteiger partial charge on any atom is -0.396 e. The molecule has 3 heterocycles. The van der Waals surface area contributed by atoms with Crippen LogP contribution < -0.4 is 5.32 Å². The number of aryl methyl sites for hydroxylation is 1. The maximum Gasteiger partial charge on any atom is 0.266 e. The molecule has 1 aromatic carbocycles. The number of aliphatic hydroxyl groups excluding tert-OH is 1. The van der Waals surface area contributed by atoms with E-state index in [9.17, 15) is 15.2 Å². The maximum atomic E-state index is 12.6. The molecule has 0 fully saturated rings. The molecule has 0 aliphatic carbocycles. The summed E-state index contributed by atoms with van der Waals surface area (Å²) < 4.78 is 1.75. The lowest BCUT2D eigenvalue weighted by Crippen LogP contribution is -2.15. The van der Waals surface area contributed by atoms with Gasteiger partial charge in [0.05, 0.1) is 15.9 Å². The van der Waals surface area contributed by atoms with Crippen LogP contribution in [0.3, 0.4) is 0 Å². The van der Waals surface area contributed by atoms with E-state index >= 15 is 0 Å². The van der Waals surface area contributed by atoms with E-state index in [2.05, 4.69) is 21.4 Å². The fraction of sp³-hybridized carbons (Fsp3) is 0.158. The molecule has 2 N–H and O–H groups in total. The summed E-state index contributed by atoms with van der Waals surface area (Å²) in [6.45, 7) is 0.392. The normalized spacial score (nSPS) is 11.0. The largest absolute Gasteiger partial charge is 0.396 e. The van der Waals surface area contributed by atoms with Crippen molar-refractivity contribution in [2.24, 2.45) is 0 Å². The highest BCUT2D eigenvalue weighted by atomic mass is 32.1. The number of para-hydroxylation sites is 2. The van der Waals surface area contributed by atoms with Crippen molar-refractivity contribution >= 4 is 45.3 Å². The lowest BCUT2D eigenvalue weighted by Gasteiger charge is -2.10. The van der Waals surface area contributed by atoms with Gasteiger partial charge in [0.1, 0.15) is 23.0 Å². The lowest BCUT2D eigenvalue weighted by atomic mass is 10.2. The number of nitrogens with zero attached hydrogens (tertiary/aromatic N) is 4. The first-order valence-electron chi connectivity index (χ1n) is 8.37. The third-order valence-corrected chi connectivity index (χ3v) is 5.05. The van der Waals surface area contributed by atoms with Gasteiger partial charge in [0.25, 0.3) is 5.91 Å². The number of nitriles is 1. The van der Waals surface area contributed by atoms with E-state index in [0.29, 0.717) is 45.9 Å². The van der Waals surface area contributed by atoms with Crippen molar-refractivity contribution in [1.82, 2.24) is 14.5 Å². The summed E-state index contributed by atoms with van der Waals surface area (Å²) in [5, 5.41) is 23.7. The van der Waals surface area contributed by atoms with Crippen molar-refractivity contribution in [3.63, 3.8) is 0 Å². The van der Waals surface area contributed by atoms with Crippen LogP contribution in [0.2, 0.25) is 0 Å². The number of fused-ring (bicyclic) bond motifs is 2. The number of hydrogen-bond acceptors (Lipinski definition) is 6. The zero-order valence-electron chi connectivity index (χ0n) is 14.2. The number of nitrogens with one attached hydrogen (secondary N) is 1. The molecule has 0 aliphatic heterocycles. The SMILES string of the molecule is N#Cc1c(NC(=O)c2cccs2)n(CCCO)c2nc3ccccc3nc12. The fourth-order valence-electron chi connectivity index (χ4n) is 2.96. The number of anilines is 1. The zero-order valence-corrected chi connectivity index (χ0v) is 15.0. The van der Waals surface area contributed by atoms with Gasteiger partial charge >= 0.3 is 0 Å². The second-order valence-electron chi connectivity index (χ2n) is 5.88. The molecule has 0 bridgehead atoms. The molecule has 3 aromatic heterocycles. The Morgan fingerprint density at radius 2 is 2.00 bits per heavy atom. The Bertz CT molecular complexity index is 1170. The van der Waals surface area contributed by atoms with Gasteiger partial charge in [-0.25, -0.2) is 9.97 Å². The van der Waals surface area contributed by atoms with E-state index in [1.54, 1.807) is 16.7 Å². The quantitative estimate of drug-likeness (QED) is 0.556. The number of amides is 1. The summed E-state index contributed by atoms with van der Waals surface area (Å²) in [5.41, 5.74) is 2.60.